The number of hydrogen-bond donors (Lipinski definition) is 2. The van der Waals surface area contributed by atoms with E-state index in [0.717, 1.165) is 50.9 Å². The van der Waals surface area contributed by atoms with Crippen LogP contribution in [0.25, 0.3) is 0 Å². The molecule has 0 heterocycles. The van der Waals surface area contributed by atoms with Gasteiger partial charge in [-0.25, -0.2) is 0 Å². The van der Waals surface area contributed by atoms with Crippen LogP contribution in [-0.2, 0) is 16.0 Å². The predicted octanol–water partition coefficient (Wildman–Crippen LogP) is 3.19. The van der Waals surface area contributed by atoms with Crippen molar-refractivity contribution >= 4 is 17.5 Å². The second-order valence-electron chi connectivity index (χ2n) is 6.85. The van der Waals surface area contributed by atoms with E-state index in [4.69, 9.17) is 5.73 Å². The molecule has 0 saturated heterocycles. The average molecular weight is 345 g/mol. The Hall–Kier alpha value is -2.04. The Morgan fingerprint density at radius 3 is 2.60 bits per heavy atom. The number of carbonyl (C=O) groups is 2. The molecule has 0 saturated carbocycles. The number of hydrogen-bond acceptors (Lipinski definition) is 3. The SMILES string of the molecule is CCCN(CCC)C(=O)CCC(=O)NC1CCCc2cc(N)ccc21. The topological polar surface area (TPSA) is 75.4 Å². The first kappa shape index (κ1) is 19.3. The highest BCUT2D eigenvalue weighted by Crippen LogP contribution is 2.31. The first-order chi connectivity index (χ1) is 12.0. The van der Waals surface area contributed by atoms with Crippen LogP contribution < -0.4 is 11.1 Å². The number of rotatable bonds is 8. The lowest BCUT2D eigenvalue weighted by atomic mass is 9.87. The Labute approximate surface area is 151 Å². The smallest absolute Gasteiger partial charge is 0.223 e. The van der Waals surface area contributed by atoms with Gasteiger partial charge in [0, 0.05) is 31.6 Å². The van der Waals surface area contributed by atoms with Gasteiger partial charge in [0.2, 0.25) is 11.8 Å². The molecule has 3 N–H and O–H groups in total. The third kappa shape index (κ3) is 5.48. The van der Waals surface area contributed by atoms with Crippen molar-refractivity contribution in [3.8, 4) is 0 Å². The number of aryl methyl sites for hydroxylation is 1. The number of carbonyl (C=O) groups excluding carboxylic acids is 2. The number of fused-ring (bicyclic) bond motifs is 1. The normalized spacial score (nSPS) is 16.2. The average Bonchev–Trinajstić information content (AvgIpc) is 2.59. The summed E-state index contributed by atoms with van der Waals surface area (Å²) in [7, 11) is 0. The van der Waals surface area contributed by atoms with Gasteiger partial charge in [-0.3, -0.25) is 9.59 Å². The van der Waals surface area contributed by atoms with Gasteiger partial charge in [-0.15, -0.1) is 0 Å². The molecule has 25 heavy (non-hydrogen) atoms. The monoisotopic (exact) mass is 345 g/mol. The molecule has 1 aromatic rings. The van der Waals surface area contributed by atoms with E-state index in [0.29, 0.717) is 0 Å². The summed E-state index contributed by atoms with van der Waals surface area (Å²) in [5.74, 6) is 0.0339. The highest BCUT2D eigenvalue weighted by atomic mass is 16.2. The summed E-state index contributed by atoms with van der Waals surface area (Å²) in [4.78, 5) is 26.5. The molecule has 1 aromatic carbocycles. The number of benzene rings is 1. The maximum Gasteiger partial charge on any atom is 0.223 e. The van der Waals surface area contributed by atoms with Gasteiger partial charge < -0.3 is 16.0 Å². The fourth-order valence-corrected chi connectivity index (χ4v) is 3.53. The van der Waals surface area contributed by atoms with Crippen molar-refractivity contribution in [2.45, 2.75) is 64.8 Å². The highest BCUT2D eigenvalue weighted by molar-refractivity contribution is 5.84. The zero-order chi connectivity index (χ0) is 18.2. The van der Waals surface area contributed by atoms with E-state index in [-0.39, 0.29) is 30.7 Å². The van der Waals surface area contributed by atoms with Crippen LogP contribution in [0, 0.1) is 0 Å². The van der Waals surface area contributed by atoms with Crippen molar-refractivity contribution in [3.05, 3.63) is 29.3 Å². The Kier molecular flexibility index (Phi) is 7.29. The largest absolute Gasteiger partial charge is 0.399 e. The molecular formula is C20H31N3O2. The van der Waals surface area contributed by atoms with Gasteiger partial charge in [0.15, 0.2) is 0 Å². The fraction of sp³-hybridized carbons (Fsp3) is 0.600. The minimum absolute atomic E-state index is 0.0364. The lowest BCUT2D eigenvalue weighted by molar-refractivity contribution is -0.133. The number of amides is 2. The molecule has 0 aromatic heterocycles. The molecule has 1 aliphatic carbocycles. The van der Waals surface area contributed by atoms with Crippen molar-refractivity contribution in [1.82, 2.24) is 10.2 Å². The molecule has 5 nitrogen and oxygen atoms in total. The Balaban J connectivity index is 1.88. The maximum atomic E-state index is 12.3. The molecule has 1 atom stereocenters. The summed E-state index contributed by atoms with van der Waals surface area (Å²) in [5, 5.41) is 3.10. The minimum Gasteiger partial charge on any atom is -0.399 e. The molecule has 2 amide bonds. The van der Waals surface area contributed by atoms with Gasteiger partial charge in [-0.2, -0.15) is 0 Å². The van der Waals surface area contributed by atoms with E-state index in [2.05, 4.69) is 19.2 Å². The molecule has 1 unspecified atom stereocenters. The van der Waals surface area contributed by atoms with Crippen LogP contribution in [0.15, 0.2) is 18.2 Å². The van der Waals surface area contributed by atoms with Crippen LogP contribution in [0.5, 0.6) is 0 Å². The number of anilines is 1. The van der Waals surface area contributed by atoms with Crippen molar-refractivity contribution in [2.24, 2.45) is 0 Å². The van der Waals surface area contributed by atoms with E-state index in [1.165, 1.54) is 11.1 Å². The van der Waals surface area contributed by atoms with Crippen LogP contribution in [0.2, 0.25) is 0 Å². The van der Waals surface area contributed by atoms with Gasteiger partial charge in [-0.05, 0) is 55.4 Å². The van der Waals surface area contributed by atoms with Crippen LogP contribution in [0.1, 0.15) is 69.5 Å². The first-order valence-electron chi connectivity index (χ1n) is 9.50. The molecule has 2 rings (SSSR count). The Bertz CT molecular complexity index is 595. The summed E-state index contributed by atoms with van der Waals surface area (Å²) >= 11 is 0. The molecule has 0 fully saturated rings. The molecule has 138 valence electrons. The van der Waals surface area contributed by atoms with Crippen LogP contribution in [-0.4, -0.2) is 29.8 Å². The molecule has 1 aliphatic rings. The van der Waals surface area contributed by atoms with E-state index in [1.54, 1.807) is 0 Å². The standard InChI is InChI=1S/C20H31N3O2/c1-3-12-23(13-4-2)20(25)11-10-19(24)22-18-7-5-6-15-14-16(21)8-9-17(15)18/h8-9,14,18H,3-7,10-13,21H2,1-2H3,(H,22,24). The summed E-state index contributed by atoms with van der Waals surface area (Å²) < 4.78 is 0. The van der Waals surface area contributed by atoms with Gasteiger partial charge in [0.05, 0.1) is 6.04 Å². The maximum absolute atomic E-state index is 12.3. The zero-order valence-electron chi connectivity index (χ0n) is 15.5. The van der Waals surface area contributed by atoms with E-state index < -0.39 is 0 Å². The first-order valence-corrected chi connectivity index (χ1v) is 9.50. The van der Waals surface area contributed by atoms with Gasteiger partial charge >= 0.3 is 0 Å². The van der Waals surface area contributed by atoms with Gasteiger partial charge in [-0.1, -0.05) is 19.9 Å². The summed E-state index contributed by atoms with van der Waals surface area (Å²) in [6.07, 6.45) is 5.42. The molecule has 0 aliphatic heterocycles. The van der Waals surface area contributed by atoms with Crippen molar-refractivity contribution in [2.75, 3.05) is 18.8 Å². The molecule has 5 heteroatoms. The third-order valence-corrected chi connectivity index (χ3v) is 4.72. The molecule has 0 spiro atoms. The second-order valence-corrected chi connectivity index (χ2v) is 6.85. The van der Waals surface area contributed by atoms with Crippen LogP contribution >= 0.6 is 0 Å². The molecule has 0 radical (unpaired) electrons. The van der Waals surface area contributed by atoms with E-state index in [9.17, 15) is 9.59 Å². The fourth-order valence-electron chi connectivity index (χ4n) is 3.53. The summed E-state index contributed by atoms with van der Waals surface area (Å²) in [6.45, 7) is 5.67. The third-order valence-electron chi connectivity index (χ3n) is 4.72. The van der Waals surface area contributed by atoms with Gasteiger partial charge in [0.25, 0.3) is 0 Å². The molecule has 0 bridgehead atoms. The van der Waals surface area contributed by atoms with Crippen LogP contribution in [0.4, 0.5) is 5.69 Å². The molecular weight excluding hydrogens is 314 g/mol. The van der Waals surface area contributed by atoms with Crippen molar-refractivity contribution in [3.63, 3.8) is 0 Å². The lowest BCUT2D eigenvalue weighted by Gasteiger charge is -2.27. The highest BCUT2D eigenvalue weighted by Gasteiger charge is 2.22. The quantitative estimate of drug-likeness (QED) is 0.711. The van der Waals surface area contributed by atoms with E-state index in [1.807, 2.05) is 23.1 Å². The number of nitrogens with two attached hydrogens (primary N) is 1. The minimum atomic E-state index is -0.0454. The number of nitrogen functional groups attached to an aromatic ring is 1. The van der Waals surface area contributed by atoms with Crippen LogP contribution in [0.3, 0.4) is 0 Å². The summed E-state index contributed by atoms with van der Waals surface area (Å²) in [5.41, 5.74) is 9.02. The lowest BCUT2D eigenvalue weighted by Crippen LogP contribution is -2.35. The van der Waals surface area contributed by atoms with Gasteiger partial charge in [0.1, 0.15) is 0 Å². The number of nitrogens with one attached hydrogen (secondary N) is 1. The van der Waals surface area contributed by atoms with E-state index >= 15 is 0 Å². The number of nitrogens with zero attached hydrogens (tertiary/aromatic N) is 1. The zero-order valence-corrected chi connectivity index (χ0v) is 15.5. The Morgan fingerprint density at radius 1 is 1.20 bits per heavy atom. The van der Waals surface area contributed by atoms with Crippen molar-refractivity contribution in [1.29, 1.82) is 0 Å². The second kappa shape index (κ2) is 9.44. The van der Waals surface area contributed by atoms with Crippen molar-refractivity contribution < 1.29 is 9.59 Å². The Morgan fingerprint density at radius 2 is 1.92 bits per heavy atom. The summed E-state index contributed by atoms with van der Waals surface area (Å²) in [6, 6.07) is 5.95. The predicted molar refractivity (Wildman–Crippen MR) is 101 cm³/mol.